The number of hydrogen-bond donors (Lipinski definition) is 3. The summed E-state index contributed by atoms with van der Waals surface area (Å²) in [6.07, 6.45) is 3.01. The molecule has 12 heavy (non-hydrogen) atoms. The Bertz CT molecular complexity index is 113. The zero-order chi connectivity index (χ0) is 8.81. The van der Waals surface area contributed by atoms with Crippen LogP contribution in [0.4, 0.5) is 0 Å². The zero-order valence-electron chi connectivity index (χ0n) is 7.84. The quantitative estimate of drug-likeness (QED) is 0.551. The van der Waals surface area contributed by atoms with Crippen molar-refractivity contribution in [2.24, 2.45) is 0 Å². The van der Waals surface area contributed by atoms with E-state index < -0.39 is 0 Å². The van der Waals surface area contributed by atoms with Crippen molar-refractivity contribution in [3.8, 4) is 0 Å². The minimum absolute atomic E-state index is 0.157. The van der Waals surface area contributed by atoms with Gasteiger partial charge in [0.15, 0.2) is 0 Å². The van der Waals surface area contributed by atoms with Gasteiger partial charge in [-0.05, 0) is 19.4 Å². The van der Waals surface area contributed by atoms with E-state index in [4.69, 9.17) is 0 Å². The summed E-state index contributed by atoms with van der Waals surface area (Å²) >= 11 is 0. The third-order valence-electron chi connectivity index (χ3n) is 2.32. The molecule has 0 bridgehead atoms. The van der Waals surface area contributed by atoms with Crippen LogP contribution in [-0.4, -0.2) is 36.9 Å². The van der Waals surface area contributed by atoms with Crippen molar-refractivity contribution >= 4 is 0 Å². The third-order valence-corrected chi connectivity index (χ3v) is 2.32. The molecule has 0 spiro atoms. The molecule has 1 aliphatic heterocycles. The van der Waals surface area contributed by atoms with Gasteiger partial charge in [-0.3, -0.25) is 0 Å². The Balaban J connectivity index is 1.99. The number of hydrogen-bond acceptors (Lipinski definition) is 3. The molecule has 3 heteroatoms. The van der Waals surface area contributed by atoms with Crippen LogP contribution in [-0.2, 0) is 0 Å². The fourth-order valence-electron chi connectivity index (χ4n) is 1.57. The summed E-state index contributed by atoms with van der Waals surface area (Å²) in [6, 6.07) is 0.580. The summed E-state index contributed by atoms with van der Waals surface area (Å²) in [6.45, 7) is 5.01. The fraction of sp³-hybridized carbons (Fsp3) is 1.00. The van der Waals surface area contributed by atoms with E-state index in [0.717, 1.165) is 32.5 Å². The lowest BCUT2D eigenvalue weighted by Crippen LogP contribution is -2.36. The second-order valence-electron chi connectivity index (χ2n) is 3.54. The van der Waals surface area contributed by atoms with Crippen LogP contribution >= 0.6 is 0 Å². The van der Waals surface area contributed by atoms with Crippen LogP contribution in [0.2, 0.25) is 0 Å². The molecule has 0 saturated carbocycles. The molecule has 3 N–H and O–H groups in total. The molecule has 1 heterocycles. The molecule has 0 aromatic rings. The Hall–Kier alpha value is -0.120. The SMILES string of the molecule is CCCC(O)CNC1CCNC1. The van der Waals surface area contributed by atoms with Gasteiger partial charge in [-0.15, -0.1) is 0 Å². The first-order valence-corrected chi connectivity index (χ1v) is 4.95. The molecule has 2 unspecified atom stereocenters. The lowest BCUT2D eigenvalue weighted by molar-refractivity contribution is 0.157. The topological polar surface area (TPSA) is 44.3 Å². The van der Waals surface area contributed by atoms with E-state index in [0.29, 0.717) is 6.04 Å². The summed E-state index contributed by atoms with van der Waals surface area (Å²) in [7, 11) is 0. The average Bonchev–Trinajstić information content (AvgIpc) is 2.53. The van der Waals surface area contributed by atoms with Crippen LogP contribution in [0.5, 0.6) is 0 Å². The molecule has 0 aromatic heterocycles. The Morgan fingerprint density at radius 1 is 1.67 bits per heavy atom. The Morgan fingerprint density at radius 3 is 3.08 bits per heavy atom. The molecule has 0 aliphatic carbocycles. The number of aliphatic hydroxyl groups excluding tert-OH is 1. The van der Waals surface area contributed by atoms with Gasteiger partial charge in [0.25, 0.3) is 0 Å². The average molecular weight is 172 g/mol. The molecular formula is C9H20N2O. The maximum absolute atomic E-state index is 9.43. The molecule has 1 saturated heterocycles. The molecule has 3 nitrogen and oxygen atoms in total. The lowest BCUT2D eigenvalue weighted by atomic mass is 10.2. The van der Waals surface area contributed by atoms with Crippen LogP contribution in [0.1, 0.15) is 26.2 Å². The van der Waals surface area contributed by atoms with Gasteiger partial charge < -0.3 is 15.7 Å². The molecule has 1 aliphatic rings. The molecule has 0 radical (unpaired) electrons. The standard InChI is InChI=1S/C9H20N2O/c1-2-3-9(12)7-11-8-4-5-10-6-8/h8-12H,2-7H2,1H3. The van der Waals surface area contributed by atoms with Crippen LogP contribution in [0.15, 0.2) is 0 Å². The van der Waals surface area contributed by atoms with Crippen LogP contribution in [0, 0.1) is 0 Å². The van der Waals surface area contributed by atoms with Gasteiger partial charge in [0, 0.05) is 19.1 Å². The van der Waals surface area contributed by atoms with Crippen molar-refractivity contribution in [1.82, 2.24) is 10.6 Å². The molecule has 1 rings (SSSR count). The minimum atomic E-state index is -0.157. The highest BCUT2D eigenvalue weighted by atomic mass is 16.3. The van der Waals surface area contributed by atoms with E-state index in [1.165, 1.54) is 6.42 Å². The maximum Gasteiger partial charge on any atom is 0.0664 e. The van der Waals surface area contributed by atoms with E-state index in [2.05, 4.69) is 17.6 Å². The van der Waals surface area contributed by atoms with Crippen molar-refractivity contribution in [1.29, 1.82) is 0 Å². The number of rotatable bonds is 5. The highest BCUT2D eigenvalue weighted by Gasteiger charge is 2.14. The largest absolute Gasteiger partial charge is 0.392 e. The smallest absolute Gasteiger partial charge is 0.0664 e. The van der Waals surface area contributed by atoms with Gasteiger partial charge in [0.05, 0.1) is 6.10 Å². The third kappa shape index (κ3) is 3.52. The first-order valence-electron chi connectivity index (χ1n) is 4.95. The van der Waals surface area contributed by atoms with Crippen molar-refractivity contribution in [3.63, 3.8) is 0 Å². The molecule has 1 fully saturated rings. The first-order chi connectivity index (χ1) is 5.83. The van der Waals surface area contributed by atoms with Crippen LogP contribution < -0.4 is 10.6 Å². The monoisotopic (exact) mass is 172 g/mol. The first kappa shape index (κ1) is 9.96. The lowest BCUT2D eigenvalue weighted by Gasteiger charge is -2.14. The summed E-state index contributed by atoms with van der Waals surface area (Å²) in [5.74, 6) is 0. The van der Waals surface area contributed by atoms with E-state index in [9.17, 15) is 5.11 Å². The van der Waals surface area contributed by atoms with Crippen molar-refractivity contribution < 1.29 is 5.11 Å². The van der Waals surface area contributed by atoms with Gasteiger partial charge in [-0.25, -0.2) is 0 Å². The van der Waals surface area contributed by atoms with Gasteiger partial charge in [-0.1, -0.05) is 13.3 Å². The number of nitrogens with one attached hydrogen (secondary N) is 2. The summed E-state index contributed by atoms with van der Waals surface area (Å²) in [5.41, 5.74) is 0. The van der Waals surface area contributed by atoms with E-state index in [-0.39, 0.29) is 6.10 Å². The second-order valence-corrected chi connectivity index (χ2v) is 3.54. The fourth-order valence-corrected chi connectivity index (χ4v) is 1.57. The highest BCUT2D eigenvalue weighted by Crippen LogP contribution is 1.99. The normalized spacial score (nSPS) is 26.0. The molecule has 0 aromatic carbocycles. The molecule has 0 amide bonds. The van der Waals surface area contributed by atoms with Crippen molar-refractivity contribution in [2.45, 2.75) is 38.3 Å². The highest BCUT2D eigenvalue weighted by molar-refractivity contribution is 4.78. The second kappa shape index (κ2) is 5.51. The Morgan fingerprint density at radius 2 is 2.50 bits per heavy atom. The predicted octanol–water partition coefficient (Wildman–Crippen LogP) is 0.0989. The van der Waals surface area contributed by atoms with Crippen LogP contribution in [0.3, 0.4) is 0 Å². The summed E-state index contributed by atoms with van der Waals surface area (Å²) in [5, 5.41) is 16.1. The summed E-state index contributed by atoms with van der Waals surface area (Å²) < 4.78 is 0. The molecular weight excluding hydrogens is 152 g/mol. The summed E-state index contributed by atoms with van der Waals surface area (Å²) in [4.78, 5) is 0. The molecule has 72 valence electrons. The van der Waals surface area contributed by atoms with Gasteiger partial charge in [0.2, 0.25) is 0 Å². The maximum atomic E-state index is 9.43. The zero-order valence-corrected chi connectivity index (χ0v) is 7.84. The van der Waals surface area contributed by atoms with E-state index in [1.54, 1.807) is 0 Å². The minimum Gasteiger partial charge on any atom is -0.392 e. The van der Waals surface area contributed by atoms with Gasteiger partial charge in [-0.2, -0.15) is 0 Å². The Kier molecular flexibility index (Phi) is 4.58. The van der Waals surface area contributed by atoms with Gasteiger partial charge in [0.1, 0.15) is 0 Å². The number of aliphatic hydroxyl groups is 1. The predicted molar refractivity (Wildman–Crippen MR) is 50.2 cm³/mol. The van der Waals surface area contributed by atoms with Crippen molar-refractivity contribution in [2.75, 3.05) is 19.6 Å². The van der Waals surface area contributed by atoms with E-state index >= 15 is 0 Å². The van der Waals surface area contributed by atoms with Crippen LogP contribution in [0.25, 0.3) is 0 Å². The molecule has 2 atom stereocenters. The Labute approximate surface area is 74.5 Å². The van der Waals surface area contributed by atoms with Gasteiger partial charge >= 0.3 is 0 Å². The van der Waals surface area contributed by atoms with Crippen molar-refractivity contribution in [3.05, 3.63) is 0 Å². The van der Waals surface area contributed by atoms with E-state index in [1.807, 2.05) is 0 Å².